The van der Waals surface area contributed by atoms with Gasteiger partial charge in [-0.15, -0.1) is 0 Å². The molecule has 0 fully saturated rings. The largest absolute Gasteiger partial charge is 0.534 e. The summed E-state index contributed by atoms with van der Waals surface area (Å²) in [6, 6.07) is 2.39. The van der Waals surface area contributed by atoms with Crippen LogP contribution in [0.5, 0.6) is 5.75 Å². The molecule has 10 heteroatoms. The summed E-state index contributed by atoms with van der Waals surface area (Å²) >= 11 is 0. The molecule has 6 nitrogen and oxygen atoms in total. The molecule has 0 aromatic carbocycles. The highest BCUT2D eigenvalue weighted by Gasteiger charge is 2.48. The Kier molecular flexibility index (Phi) is 6.15. The fourth-order valence-electron chi connectivity index (χ4n) is 1.43. The predicted octanol–water partition coefficient (Wildman–Crippen LogP) is 2.20. The second-order valence-electron chi connectivity index (χ2n) is 4.13. The van der Waals surface area contributed by atoms with Gasteiger partial charge in [-0.3, -0.25) is 9.78 Å². The number of nitrogens with zero attached hydrogens (tertiary/aromatic N) is 1. The standard InChI is InChI=1S/C12H14F3NO5S/c1-2-20-11(17)5-3-4-9-6-7-10(8-16-9)21-22(18,19)12(13,14)15/h6-8H,2-5H2,1H3. The molecule has 0 radical (unpaired) electrons. The summed E-state index contributed by atoms with van der Waals surface area (Å²) in [5.41, 5.74) is -5.01. The van der Waals surface area contributed by atoms with Gasteiger partial charge in [-0.05, 0) is 31.9 Å². The number of pyridine rings is 1. The van der Waals surface area contributed by atoms with E-state index < -0.39 is 21.4 Å². The van der Waals surface area contributed by atoms with Crippen LogP contribution in [0.25, 0.3) is 0 Å². The van der Waals surface area contributed by atoms with Crippen molar-refractivity contribution < 1.29 is 35.3 Å². The number of alkyl halides is 3. The molecule has 0 bridgehead atoms. The molecule has 1 aromatic rings. The minimum absolute atomic E-state index is 0.191. The van der Waals surface area contributed by atoms with Gasteiger partial charge < -0.3 is 8.92 Å². The summed E-state index contributed by atoms with van der Waals surface area (Å²) in [5.74, 6) is -0.884. The SMILES string of the molecule is CCOC(=O)CCCc1ccc(OS(=O)(=O)C(F)(F)F)cn1. The molecule has 0 aliphatic rings. The Labute approximate surface area is 125 Å². The van der Waals surface area contributed by atoms with E-state index in [9.17, 15) is 26.4 Å². The van der Waals surface area contributed by atoms with Crippen LogP contribution >= 0.6 is 0 Å². The number of carbonyl (C=O) groups is 1. The number of ether oxygens (including phenoxy) is 1. The first kappa shape index (κ1) is 18.2. The number of carbonyl (C=O) groups excluding carboxylic acids is 1. The molecule has 0 aliphatic heterocycles. The molecule has 1 rings (SSSR count). The van der Waals surface area contributed by atoms with E-state index in [0.29, 0.717) is 18.5 Å². The van der Waals surface area contributed by atoms with Crippen molar-refractivity contribution in [3.05, 3.63) is 24.0 Å². The Hall–Kier alpha value is -1.84. The van der Waals surface area contributed by atoms with Gasteiger partial charge in [0.15, 0.2) is 5.75 Å². The molecule has 22 heavy (non-hydrogen) atoms. The first-order valence-corrected chi connectivity index (χ1v) is 7.68. The Bertz CT molecular complexity index is 598. The summed E-state index contributed by atoms with van der Waals surface area (Å²) < 4.78 is 66.6. The average molecular weight is 341 g/mol. The van der Waals surface area contributed by atoms with E-state index in [2.05, 4.69) is 9.17 Å². The fraction of sp³-hybridized carbons (Fsp3) is 0.500. The van der Waals surface area contributed by atoms with Crippen molar-refractivity contribution in [3.8, 4) is 5.75 Å². The molecule has 0 N–H and O–H groups in total. The first-order chi connectivity index (χ1) is 10.2. The van der Waals surface area contributed by atoms with Crippen LogP contribution in [0.4, 0.5) is 13.2 Å². The van der Waals surface area contributed by atoms with Crippen molar-refractivity contribution in [1.29, 1.82) is 0 Å². The van der Waals surface area contributed by atoms with E-state index in [1.54, 1.807) is 6.92 Å². The van der Waals surface area contributed by atoms with E-state index in [1.165, 1.54) is 6.07 Å². The second-order valence-corrected chi connectivity index (χ2v) is 5.66. The highest BCUT2D eigenvalue weighted by atomic mass is 32.2. The summed E-state index contributed by atoms with van der Waals surface area (Å²) in [4.78, 5) is 14.9. The zero-order valence-electron chi connectivity index (χ0n) is 11.6. The van der Waals surface area contributed by atoms with Crippen LogP contribution in [0.3, 0.4) is 0 Å². The van der Waals surface area contributed by atoms with Crippen LogP contribution in [0, 0.1) is 0 Å². The fourth-order valence-corrected chi connectivity index (χ4v) is 1.88. The summed E-state index contributed by atoms with van der Waals surface area (Å²) in [7, 11) is -5.70. The maximum Gasteiger partial charge on any atom is 0.534 e. The third-order valence-electron chi connectivity index (χ3n) is 2.41. The van der Waals surface area contributed by atoms with Gasteiger partial charge in [0.05, 0.1) is 12.8 Å². The zero-order chi connectivity index (χ0) is 16.8. The van der Waals surface area contributed by atoms with Gasteiger partial charge in [0.25, 0.3) is 0 Å². The maximum absolute atomic E-state index is 12.1. The number of hydrogen-bond acceptors (Lipinski definition) is 6. The molecule has 0 spiro atoms. The lowest BCUT2D eigenvalue weighted by Gasteiger charge is -2.09. The van der Waals surface area contributed by atoms with Crippen molar-refractivity contribution in [1.82, 2.24) is 4.98 Å². The molecule has 0 saturated carbocycles. The minimum Gasteiger partial charge on any atom is -0.466 e. The summed E-state index contributed by atoms with van der Waals surface area (Å²) in [5, 5.41) is 0. The number of hydrogen-bond donors (Lipinski definition) is 0. The van der Waals surface area contributed by atoms with Gasteiger partial charge in [-0.2, -0.15) is 21.6 Å². The number of aryl methyl sites for hydroxylation is 1. The van der Waals surface area contributed by atoms with Crippen LogP contribution in [0.2, 0.25) is 0 Å². The lowest BCUT2D eigenvalue weighted by atomic mass is 10.2. The quantitative estimate of drug-likeness (QED) is 0.429. The number of halogens is 3. The molecular weight excluding hydrogens is 327 g/mol. The zero-order valence-corrected chi connectivity index (χ0v) is 12.4. The van der Waals surface area contributed by atoms with Gasteiger partial charge in [0.2, 0.25) is 0 Å². The average Bonchev–Trinajstić information content (AvgIpc) is 2.39. The van der Waals surface area contributed by atoms with Crippen LogP contribution in [0.1, 0.15) is 25.5 Å². The van der Waals surface area contributed by atoms with Crippen LogP contribution in [-0.4, -0.2) is 31.5 Å². The molecule has 0 atom stereocenters. The first-order valence-electron chi connectivity index (χ1n) is 6.27. The molecule has 0 saturated heterocycles. The normalized spacial score (nSPS) is 12.0. The van der Waals surface area contributed by atoms with Crippen molar-refractivity contribution >= 4 is 16.1 Å². The molecule has 0 amide bonds. The van der Waals surface area contributed by atoms with Crippen molar-refractivity contribution in [2.75, 3.05) is 6.61 Å². The lowest BCUT2D eigenvalue weighted by molar-refractivity contribution is -0.143. The third kappa shape index (κ3) is 5.51. The van der Waals surface area contributed by atoms with E-state index in [0.717, 1.165) is 12.3 Å². The van der Waals surface area contributed by atoms with Crippen LogP contribution < -0.4 is 4.18 Å². The van der Waals surface area contributed by atoms with Gasteiger partial charge in [-0.25, -0.2) is 0 Å². The van der Waals surface area contributed by atoms with Crippen molar-refractivity contribution in [2.45, 2.75) is 31.7 Å². The number of rotatable bonds is 7. The minimum atomic E-state index is -5.70. The Morgan fingerprint density at radius 2 is 2.00 bits per heavy atom. The molecule has 0 aliphatic carbocycles. The monoisotopic (exact) mass is 341 g/mol. The smallest absolute Gasteiger partial charge is 0.466 e. The molecular formula is C12H14F3NO5S. The Morgan fingerprint density at radius 1 is 1.32 bits per heavy atom. The second kappa shape index (κ2) is 7.43. The van der Waals surface area contributed by atoms with Gasteiger partial charge in [0, 0.05) is 12.1 Å². The molecule has 0 unspecified atom stereocenters. The topological polar surface area (TPSA) is 82.6 Å². The molecule has 1 heterocycles. The van der Waals surface area contributed by atoms with Crippen molar-refractivity contribution in [3.63, 3.8) is 0 Å². The molecule has 1 aromatic heterocycles. The van der Waals surface area contributed by atoms with E-state index >= 15 is 0 Å². The highest BCUT2D eigenvalue weighted by molar-refractivity contribution is 7.87. The molecule has 124 valence electrons. The maximum atomic E-state index is 12.1. The van der Waals surface area contributed by atoms with Crippen LogP contribution in [0.15, 0.2) is 18.3 Å². The van der Waals surface area contributed by atoms with E-state index in [1.807, 2.05) is 0 Å². The van der Waals surface area contributed by atoms with Crippen LogP contribution in [-0.2, 0) is 26.1 Å². The predicted molar refractivity (Wildman–Crippen MR) is 69.4 cm³/mol. The summed E-state index contributed by atoms with van der Waals surface area (Å²) in [6.07, 6.45) is 1.91. The highest BCUT2D eigenvalue weighted by Crippen LogP contribution is 2.26. The number of aromatic nitrogens is 1. The van der Waals surface area contributed by atoms with Gasteiger partial charge in [0.1, 0.15) is 0 Å². The lowest BCUT2D eigenvalue weighted by Crippen LogP contribution is -2.28. The Balaban J connectivity index is 2.55. The number of esters is 1. The van der Waals surface area contributed by atoms with E-state index in [-0.39, 0.29) is 19.0 Å². The summed E-state index contributed by atoms with van der Waals surface area (Å²) in [6.45, 7) is 1.98. The van der Waals surface area contributed by atoms with E-state index in [4.69, 9.17) is 4.74 Å². The van der Waals surface area contributed by atoms with Gasteiger partial charge in [-0.1, -0.05) is 0 Å². The third-order valence-corrected chi connectivity index (χ3v) is 3.38. The van der Waals surface area contributed by atoms with Crippen molar-refractivity contribution in [2.24, 2.45) is 0 Å². The Morgan fingerprint density at radius 3 is 2.50 bits per heavy atom. The van der Waals surface area contributed by atoms with Gasteiger partial charge >= 0.3 is 21.6 Å².